The number of hydrogen-bond acceptors (Lipinski definition) is 5. The minimum Gasteiger partial charge on any atom is -0.463 e. The van der Waals surface area contributed by atoms with E-state index in [1.165, 1.54) is 0 Å². The SMILES string of the molecule is CCOC(=O)C1=C(Cn2nc(C)nc2-c2ccc(Cl)c(Cl)c2)NC(=O)NC1C. The highest BCUT2D eigenvalue weighted by molar-refractivity contribution is 6.42. The molecule has 2 amide bonds. The number of nitrogens with one attached hydrogen (secondary N) is 2. The average molecular weight is 424 g/mol. The lowest BCUT2D eigenvalue weighted by Crippen LogP contribution is -2.50. The van der Waals surface area contributed by atoms with E-state index in [1.807, 2.05) is 0 Å². The number of hydrogen-bond donors (Lipinski definition) is 2. The number of aromatic nitrogens is 3. The number of amides is 2. The Kier molecular flexibility index (Phi) is 5.90. The number of halogens is 2. The van der Waals surface area contributed by atoms with Crippen LogP contribution in [0, 0.1) is 6.92 Å². The van der Waals surface area contributed by atoms with Crippen molar-refractivity contribution >= 4 is 35.2 Å². The molecule has 0 radical (unpaired) electrons. The molecule has 28 heavy (non-hydrogen) atoms. The Morgan fingerprint density at radius 2 is 2.07 bits per heavy atom. The van der Waals surface area contributed by atoms with Gasteiger partial charge in [-0.2, -0.15) is 5.10 Å². The van der Waals surface area contributed by atoms with Gasteiger partial charge in [-0.25, -0.2) is 19.3 Å². The molecule has 0 spiro atoms. The molecular weight excluding hydrogens is 405 g/mol. The molecule has 0 aliphatic carbocycles. The van der Waals surface area contributed by atoms with Crippen LogP contribution < -0.4 is 10.6 Å². The van der Waals surface area contributed by atoms with Gasteiger partial charge < -0.3 is 15.4 Å². The fourth-order valence-electron chi connectivity index (χ4n) is 2.97. The average Bonchev–Trinajstić information content (AvgIpc) is 2.97. The minimum absolute atomic E-state index is 0.127. The predicted molar refractivity (Wildman–Crippen MR) is 105 cm³/mol. The zero-order valence-corrected chi connectivity index (χ0v) is 17.1. The Morgan fingerprint density at radius 1 is 1.32 bits per heavy atom. The number of aryl methyl sites for hydroxylation is 1. The van der Waals surface area contributed by atoms with Crippen LogP contribution in [-0.2, 0) is 16.1 Å². The van der Waals surface area contributed by atoms with E-state index in [0.717, 1.165) is 0 Å². The molecule has 2 N–H and O–H groups in total. The molecule has 10 heteroatoms. The van der Waals surface area contributed by atoms with Crippen LogP contribution in [0.4, 0.5) is 4.79 Å². The van der Waals surface area contributed by atoms with Crippen molar-refractivity contribution in [3.05, 3.63) is 45.3 Å². The molecular formula is C18H19Cl2N5O3. The smallest absolute Gasteiger partial charge is 0.337 e. The molecule has 1 aromatic heterocycles. The Hall–Kier alpha value is -2.58. The topological polar surface area (TPSA) is 98.1 Å². The van der Waals surface area contributed by atoms with E-state index < -0.39 is 18.0 Å². The van der Waals surface area contributed by atoms with Gasteiger partial charge in [0.05, 0.1) is 40.5 Å². The molecule has 1 atom stereocenters. The Balaban J connectivity index is 2.04. The van der Waals surface area contributed by atoms with E-state index in [-0.39, 0.29) is 13.2 Å². The van der Waals surface area contributed by atoms with E-state index in [1.54, 1.807) is 43.7 Å². The summed E-state index contributed by atoms with van der Waals surface area (Å²) in [6.07, 6.45) is 0. The van der Waals surface area contributed by atoms with Gasteiger partial charge in [0.15, 0.2) is 5.82 Å². The van der Waals surface area contributed by atoms with Crippen LogP contribution in [0.15, 0.2) is 29.5 Å². The van der Waals surface area contributed by atoms with Gasteiger partial charge in [-0.05, 0) is 39.0 Å². The second-order valence-corrected chi connectivity index (χ2v) is 7.02. The van der Waals surface area contributed by atoms with Crippen LogP contribution in [0.2, 0.25) is 10.0 Å². The summed E-state index contributed by atoms with van der Waals surface area (Å²) in [4.78, 5) is 28.8. The van der Waals surface area contributed by atoms with Crippen LogP contribution >= 0.6 is 23.2 Å². The van der Waals surface area contributed by atoms with Gasteiger partial charge in [0.2, 0.25) is 0 Å². The fourth-order valence-corrected chi connectivity index (χ4v) is 3.27. The number of esters is 1. The molecule has 3 rings (SSSR count). The summed E-state index contributed by atoms with van der Waals surface area (Å²) < 4.78 is 6.74. The van der Waals surface area contributed by atoms with Crippen LogP contribution in [0.25, 0.3) is 11.4 Å². The standard InChI is InChI=1S/C18H19Cl2N5O3/c1-4-28-17(26)15-9(2)21-18(27)23-14(15)8-25-16(22-10(3)24-25)11-5-6-12(19)13(20)7-11/h5-7,9H,4,8H2,1-3H3,(H2,21,23,27). The van der Waals surface area contributed by atoms with E-state index in [2.05, 4.69) is 20.7 Å². The first-order chi connectivity index (χ1) is 13.3. The normalized spacial score (nSPS) is 16.6. The van der Waals surface area contributed by atoms with Crippen molar-refractivity contribution in [2.75, 3.05) is 6.61 Å². The monoisotopic (exact) mass is 423 g/mol. The molecule has 1 aliphatic rings. The second kappa shape index (κ2) is 8.20. The molecule has 148 valence electrons. The molecule has 2 aromatic rings. The van der Waals surface area contributed by atoms with Crippen molar-refractivity contribution in [3.63, 3.8) is 0 Å². The van der Waals surface area contributed by atoms with Gasteiger partial charge >= 0.3 is 12.0 Å². The van der Waals surface area contributed by atoms with Crippen molar-refractivity contribution in [1.29, 1.82) is 0 Å². The van der Waals surface area contributed by atoms with Crippen molar-refractivity contribution in [2.24, 2.45) is 0 Å². The number of allylic oxidation sites excluding steroid dienone is 1. The maximum absolute atomic E-state index is 12.4. The zero-order valence-electron chi connectivity index (χ0n) is 15.5. The lowest BCUT2D eigenvalue weighted by Gasteiger charge is -2.26. The Morgan fingerprint density at radius 3 is 2.75 bits per heavy atom. The fraction of sp³-hybridized carbons (Fsp3) is 0.333. The highest BCUT2D eigenvalue weighted by Gasteiger charge is 2.30. The highest BCUT2D eigenvalue weighted by Crippen LogP contribution is 2.28. The molecule has 1 aromatic carbocycles. The summed E-state index contributed by atoms with van der Waals surface area (Å²) in [5, 5.41) is 10.6. The lowest BCUT2D eigenvalue weighted by molar-refractivity contribution is -0.139. The summed E-state index contributed by atoms with van der Waals surface area (Å²) in [7, 11) is 0. The molecule has 1 aliphatic heterocycles. The van der Waals surface area contributed by atoms with Gasteiger partial charge in [0.25, 0.3) is 0 Å². The first kappa shape index (κ1) is 20.2. The number of ether oxygens (including phenoxy) is 1. The maximum Gasteiger partial charge on any atom is 0.337 e. The third-order valence-corrected chi connectivity index (χ3v) is 4.87. The van der Waals surface area contributed by atoms with E-state index in [4.69, 9.17) is 27.9 Å². The van der Waals surface area contributed by atoms with Gasteiger partial charge in [0.1, 0.15) is 5.82 Å². The highest BCUT2D eigenvalue weighted by atomic mass is 35.5. The van der Waals surface area contributed by atoms with Crippen LogP contribution in [0.5, 0.6) is 0 Å². The van der Waals surface area contributed by atoms with Crippen LogP contribution in [0.3, 0.4) is 0 Å². The summed E-state index contributed by atoms with van der Waals surface area (Å²) in [6.45, 7) is 5.55. The van der Waals surface area contributed by atoms with E-state index in [0.29, 0.717) is 38.5 Å². The predicted octanol–water partition coefficient (Wildman–Crippen LogP) is 3.08. The first-order valence-electron chi connectivity index (χ1n) is 8.64. The largest absolute Gasteiger partial charge is 0.463 e. The second-order valence-electron chi connectivity index (χ2n) is 6.20. The van der Waals surface area contributed by atoms with Crippen molar-refractivity contribution in [3.8, 4) is 11.4 Å². The zero-order chi connectivity index (χ0) is 20.4. The quantitative estimate of drug-likeness (QED) is 0.719. The molecule has 1 unspecified atom stereocenters. The maximum atomic E-state index is 12.4. The molecule has 0 saturated carbocycles. The van der Waals surface area contributed by atoms with Gasteiger partial charge in [-0.15, -0.1) is 0 Å². The number of carbonyl (C=O) groups excluding carboxylic acids is 2. The Bertz CT molecular complexity index is 970. The number of urea groups is 1. The van der Waals surface area contributed by atoms with Gasteiger partial charge in [-0.3, -0.25) is 0 Å². The third kappa shape index (κ3) is 4.13. The summed E-state index contributed by atoms with van der Waals surface area (Å²) in [6, 6.07) is 4.24. The number of benzene rings is 1. The minimum atomic E-state index is -0.499. The molecule has 0 saturated heterocycles. The third-order valence-electron chi connectivity index (χ3n) is 4.13. The van der Waals surface area contributed by atoms with E-state index in [9.17, 15) is 9.59 Å². The molecule has 0 bridgehead atoms. The van der Waals surface area contributed by atoms with Crippen molar-refractivity contribution in [2.45, 2.75) is 33.4 Å². The van der Waals surface area contributed by atoms with Crippen LogP contribution in [0.1, 0.15) is 19.7 Å². The summed E-state index contributed by atoms with van der Waals surface area (Å²) in [5.74, 6) is 0.574. The van der Waals surface area contributed by atoms with Crippen molar-refractivity contribution in [1.82, 2.24) is 25.4 Å². The Labute approximate surface area is 171 Å². The van der Waals surface area contributed by atoms with Gasteiger partial charge in [0, 0.05) is 5.56 Å². The summed E-state index contributed by atoms with van der Waals surface area (Å²) in [5.41, 5.74) is 1.46. The number of rotatable bonds is 5. The number of nitrogens with zero attached hydrogens (tertiary/aromatic N) is 3. The van der Waals surface area contributed by atoms with Crippen molar-refractivity contribution < 1.29 is 14.3 Å². The molecule has 2 heterocycles. The van der Waals surface area contributed by atoms with Crippen LogP contribution in [-0.4, -0.2) is 39.4 Å². The summed E-state index contributed by atoms with van der Waals surface area (Å²) >= 11 is 12.1. The molecule has 0 fully saturated rings. The van der Waals surface area contributed by atoms with Gasteiger partial charge in [-0.1, -0.05) is 23.2 Å². The molecule has 8 nitrogen and oxygen atoms in total. The lowest BCUT2D eigenvalue weighted by atomic mass is 10.0. The first-order valence-corrected chi connectivity index (χ1v) is 9.40. The van der Waals surface area contributed by atoms with E-state index >= 15 is 0 Å². The number of carbonyl (C=O) groups is 2.